The standard InChI is InChI=1S/C10H9N3O2/c11-9-6-7(13-5-1-4-12-13)2-3-8(9)10(14)15/h1-6H,11H2,(H,14,15). The van der Waals surface area contributed by atoms with Crippen molar-refractivity contribution in [2.75, 3.05) is 5.73 Å². The number of carboxylic acid groups (broad SMARTS) is 1. The summed E-state index contributed by atoms with van der Waals surface area (Å²) in [5, 5.41) is 12.8. The Balaban J connectivity index is 2.47. The van der Waals surface area contributed by atoms with Gasteiger partial charge in [-0.15, -0.1) is 0 Å². The summed E-state index contributed by atoms with van der Waals surface area (Å²) in [4.78, 5) is 10.7. The Bertz CT molecular complexity index is 491. The molecular formula is C10H9N3O2. The fraction of sp³-hybridized carbons (Fsp3) is 0. The Labute approximate surface area is 85.8 Å². The first kappa shape index (κ1) is 9.26. The van der Waals surface area contributed by atoms with Crippen LogP contribution in [0.1, 0.15) is 10.4 Å². The van der Waals surface area contributed by atoms with Crippen LogP contribution in [0.25, 0.3) is 5.69 Å². The number of benzene rings is 1. The molecular weight excluding hydrogens is 194 g/mol. The van der Waals surface area contributed by atoms with E-state index in [-0.39, 0.29) is 11.3 Å². The predicted octanol–water partition coefficient (Wildman–Crippen LogP) is 1.15. The van der Waals surface area contributed by atoms with Gasteiger partial charge in [0.2, 0.25) is 0 Å². The van der Waals surface area contributed by atoms with Crippen molar-refractivity contribution in [3.8, 4) is 5.69 Å². The monoisotopic (exact) mass is 203 g/mol. The summed E-state index contributed by atoms with van der Waals surface area (Å²) < 4.78 is 1.61. The van der Waals surface area contributed by atoms with Gasteiger partial charge in [-0.05, 0) is 24.3 Å². The highest BCUT2D eigenvalue weighted by atomic mass is 16.4. The number of aromatic carboxylic acids is 1. The lowest BCUT2D eigenvalue weighted by atomic mass is 10.1. The topological polar surface area (TPSA) is 81.1 Å². The summed E-state index contributed by atoms with van der Waals surface area (Å²) in [7, 11) is 0. The van der Waals surface area contributed by atoms with Crippen LogP contribution >= 0.6 is 0 Å². The number of anilines is 1. The highest BCUT2D eigenvalue weighted by molar-refractivity contribution is 5.94. The molecule has 1 heterocycles. The highest BCUT2D eigenvalue weighted by Gasteiger charge is 2.08. The van der Waals surface area contributed by atoms with Gasteiger partial charge in [0.15, 0.2) is 0 Å². The molecule has 5 heteroatoms. The lowest BCUT2D eigenvalue weighted by molar-refractivity contribution is 0.0698. The van der Waals surface area contributed by atoms with E-state index >= 15 is 0 Å². The predicted molar refractivity (Wildman–Crippen MR) is 54.9 cm³/mol. The Morgan fingerprint density at radius 1 is 1.47 bits per heavy atom. The molecule has 0 aliphatic rings. The number of nitrogen functional groups attached to an aromatic ring is 1. The van der Waals surface area contributed by atoms with E-state index in [4.69, 9.17) is 10.8 Å². The van der Waals surface area contributed by atoms with Gasteiger partial charge in [0.25, 0.3) is 0 Å². The molecule has 0 unspecified atom stereocenters. The van der Waals surface area contributed by atoms with Crippen molar-refractivity contribution >= 4 is 11.7 Å². The van der Waals surface area contributed by atoms with E-state index < -0.39 is 5.97 Å². The van der Waals surface area contributed by atoms with Crippen LogP contribution in [0.4, 0.5) is 5.69 Å². The minimum absolute atomic E-state index is 0.103. The normalized spacial score (nSPS) is 10.1. The van der Waals surface area contributed by atoms with Crippen LogP contribution in [0, 0.1) is 0 Å². The summed E-state index contributed by atoms with van der Waals surface area (Å²) in [6, 6.07) is 6.49. The van der Waals surface area contributed by atoms with Crippen LogP contribution < -0.4 is 5.73 Å². The molecule has 2 aromatic rings. The molecule has 1 aromatic heterocycles. The minimum atomic E-state index is -1.03. The molecule has 0 aliphatic heterocycles. The van der Waals surface area contributed by atoms with Crippen LogP contribution in [0.15, 0.2) is 36.7 Å². The molecule has 15 heavy (non-hydrogen) atoms. The molecule has 1 aromatic carbocycles. The van der Waals surface area contributed by atoms with Gasteiger partial charge in [0, 0.05) is 18.1 Å². The lowest BCUT2D eigenvalue weighted by Crippen LogP contribution is -2.04. The molecule has 0 aliphatic carbocycles. The number of carboxylic acids is 1. The van der Waals surface area contributed by atoms with Crippen molar-refractivity contribution in [1.29, 1.82) is 0 Å². The second kappa shape index (κ2) is 3.45. The van der Waals surface area contributed by atoms with Gasteiger partial charge in [-0.2, -0.15) is 5.10 Å². The van der Waals surface area contributed by atoms with Crippen molar-refractivity contribution in [2.45, 2.75) is 0 Å². The number of rotatable bonds is 2. The van der Waals surface area contributed by atoms with E-state index in [0.717, 1.165) is 5.69 Å². The van der Waals surface area contributed by atoms with Gasteiger partial charge < -0.3 is 10.8 Å². The van der Waals surface area contributed by atoms with Crippen LogP contribution in [-0.2, 0) is 0 Å². The SMILES string of the molecule is Nc1cc(-n2cccn2)ccc1C(=O)O. The van der Waals surface area contributed by atoms with E-state index in [2.05, 4.69) is 5.10 Å². The first-order chi connectivity index (χ1) is 7.18. The molecule has 3 N–H and O–H groups in total. The third-order valence-electron chi connectivity index (χ3n) is 2.03. The first-order valence-corrected chi connectivity index (χ1v) is 4.31. The number of hydrogen-bond acceptors (Lipinski definition) is 3. The maximum atomic E-state index is 10.7. The van der Waals surface area contributed by atoms with Gasteiger partial charge in [-0.3, -0.25) is 0 Å². The molecule has 0 saturated carbocycles. The third-order valence-corrected chi connectivity index (χ3v) is 2.03. The average Bonchev–Trinajstić information content (AvgIpc) is 2.69. The number of aromatic nitrogens is 2. The molecule has 76 valence electrons. The zero-order valence-electron chi connectivity index (χ0n) is 7.79. The Morgan fingerprint density at radius 2 is 2.27 bits per heavy atom. The second-order valence-corrected chi connectivity index (χ2v) is 3.03. The molecule has 0 fully saturated rings. The minimum Gasteiger partial charge on any atom is -0.478 e. The fourth-order valence-corrected chi connectivity index (χ4v) is 1.31. The Kier molecular flexibility index (Phi) is 2.13. The van der Waals surface area contributed by atoms with Crippen LogP contribution in [0.5, 0.6) is 0 Å². The number of nitrogens with two attached hydrogens (primary N) is 1. The summed E-state index contributed by atoms with van der Waals surface area (Å²) in [5.41, 5.74) is 6.68. The number of nitrogens with zero attached hydrogens (tertiary/aromatic N) is 2. The van der Waals surface area contributed by atoms with Gasteiger partial charge in [0.1, 0.15) is 0 Å². The van der Waals surface area contributed by atoms with E-state index in [0.29, 0.717) is 0 Å². The summed E-state index contributed by atoms with van der Waals surface area (Å²) >= 11 is 0. The molecule has 0 atom stereocenters. The van der Waals surface area contributed by atoms with E-state index in [1.807, 2.05) is 0 Å². The van der Waals surface area contributed by atoms with E-state index in [1.165, 1.54) is 6.07 Å². The van der Waals surface area contributed by atoms with E-state index in [1.54, 1.807) is 35.3 Å². The van der Waals surface area contributed by atoms with Crippen molar-refractivity contribution in [1.82, 2.24) is 9.78 Å². The van der Waals surface area contributed by atoms with Crippen LogP contribution in [-0.4, -0.2) is 20.9 Å². The Hall–Kier alpha value is -2.30. The van der Waals surface area contributed by atoms with Crippen molar-refractivity contribution in [3.05, 3.63) is 42.2 Å². The second-order valence-electron chi connectivity index (χ2n) is 3.03. The molecule has 0 amide bonds. The van der Waals surface area contributed by atoms with Crippen molar-refractivity contribution in [2.24, 2.45) is 0 Å². The maximum Gasteiger partial charge on any atom is 0.337 e. The van der Waals surface area contributed by atoms with Gasteiger partial charge in [0.05, 0.1) is 11.3 Å². The average molecular weight is 203 g/mol. The molecule has 5 nitrogen and oxygen atoms in total. The third kappa shape index (κ3) is 1.67. The van der Waals surface area contributed by atoms with Crippen LogP contribution in [0.2, 0.25) is 0 Å². The van der Waals surface area contributed by atoms with E-state index in [9.17, 15) is 4.79 Å². The molecule has 0 saturated heterocycles. The first-order valence-electron chi connectivity index (χ1n) is 4.31. The molecule has 0 bridgehead atoms. The largest absolute Gasteiger partial charge is 0.478 e. The van der Waals surface area contributed by atoms with Gasteiger partial charge >= 0.3 is 5.97 Å². The maximum absolute atomic E-state index is 10.7. The fourth-order valence-electron chi connectivity index (χ4n) is 1.31. The van der Waals surface area contributed by atoms with Gasteiger partial charge in [-0.1, -0.05) is 0 Å². The van der Waals surface area contributed by atoms with Crippen molar-refractivity contribution in [3.63, 3.8) is 0 Å². The van der Waals surface area contributed by atoms with Crippen LogP contribution in [0.3, 0.4) is 0 Å². The molecule has 0 spiro atoms. The lowest BCUT2D eigenvalue weighted by Gasteiger charge is -2.04. The quantitative estimate of drug-likeness (QED) is 0.717. The Morgan fingerprint density at radius 3 is 2.80 bits per heavy atom. The number of carbonyl (C=O) groups is 1. The molecule has 2 rings (SSSR count). The van der Waals surface area contributed by atoms with Gasteiger partial charge in [-0.25, -0.2) is 9.48 Å². The zero-order chi connectivity index (χ0) is 10.8. The highest BCUT2D eigenvalue weighted by Crippen LogP contribution is 2.16. The van der Waals surface area contributed by atoms with Crippen molar-refractivity contribution < 1.29 is 9.90 Å². The summed E-state index contributed by atoms with van der Waals surface area (Å²) in [6.07, 6.45) is 3.40. The number of hydrogen-bond donors (Lipinski definition) is 2. The zero-order valence-corrected chi connectivity index (χ0v) is 7.79. The summed E-state index contributed by atoms with van der Waals surface area (Å²) in [6.45, 7) is 0. The smallest absolute Gasteiger partial charge is 0.337 e. The molecule has 0 radical (unpaired) electrons. The summed E-state index contributed by atoms with van der Waals surface area (Å²) in [5.74, 6) is -1.03.